The second-order valence-corrected chi connectivity index (χ2v) is 8.97. The molecule has 3 aromatic rings. The molecule has 5 nitrogen and oxygen atoms in total. The molecule has 3 aromatic carbocycles. The predicted octanol–water partition coefficient (Wildman–Crippen LogP) is 4.43. The van der Waals surface area contributed by atoms with E-state index in [2.05, 4.69) is 4.72 Å². The molecule has 7 heteroatoms. The van der Waals surface area contributed by atoms with Gasteiger partial charge in [0.2, 0.25) is 0 Å². The molecule has 0 saturated heterocycles. The number of hydrogen-bond donors (Lipinski definition) is 1. The van der Waals surface area contributed by atoms with Gasteiger partial charge in [-0.15, -0.1) is 0 Å². The number of carbonyl (C=O) groups is 1. The molecular weight excluding hydrogens is 403 g/mol. The number of nitrogens with one attached hydrogen (secondary N) is 1. The molecule has 4 rings (SSSR count). The molecule has 154 valence electrons. The molecular formula is C23H21FN2O3S. The fraction of sp³-hybridized carbons (Fsp3) is 0.174. The van der Waals surface area contributed by atoms with Crippen molar-refractivity contribution < 1.29 is 17.6 Å². The number of halogens is 1. The Hall–Kier alpha value is -3.19. The minimum absolute atomic E-state index is 0.126. The van der Waals surface area contributed by atoms with Crippen LogP contribution in [0.4, 0.5) is 10.1 Å². The average molecular weight is 424 g/mol. The summed E-state index contributed by atoms with van der Waals surface area (Å²) in [4.78, 5) is 15.0. The Labute approximate surface area is 175 Å². The molecule has 1 N–H and O–H groups in total. The van der Waals surface area contributed by atoms with Crippen LogP contribution >= 0.6 is 0 Å². The molecule has 0 aliphatic heterocycles. The van der Waals surface area contributed by atoms with E-state index in [9.17, 15) is 17.6 Å². The normalized spacial score (nSPS) is 13.6. The Balaban J connectivity index is 1.48. The van der Waals surface area contributed by atoms with Crippen LogP contribution in [-0.2, 0) is 16.6 Å². The molecule has 0 spiro atoms. The number of carbonyl (C=O) groups excluding carboxylic acids is 1. The van der Waals surface area contributed by atoms with Gasteiger partial charge >= 0.3 is 0 Å². The van der Waals surface area contributed by atoms with E-state index in [1.165, 1.54) is 24.3 Å². The van der Waals surface area contributed by atoms with Crippen LogP contribution in [0, 0.1) is 5.82 Å². The fourth-order valence-electron chi connectivity index (χ4n) is 3.20. The first-order valence-corrected chi connectivity index (χ1v) is 11.1. The van der Waals surface area contributed by atoms with Gasteiger partial charge in [0.1, 0.15) is 5.82 Å². The lowest BCUT2D eigenvalue weighted by Gasteiger charge is -2.23. The van der Waals surface area contributed by atoms with Gasteiger partial charge in [0.05, 0.1) is 4.90 Å². The minimum Gasteiger partial charge on any atom is -0.331 e. The lowest BCUT2D eigenvalue weighted by atomic mass is 10.1. The second-order valence-electron chi connectivity index (χ2n) is 7.29. The van der Waals surface area contributed by atoms with E-state index < -0.39 is 10.0 Å². The topological polar surface area (TPSA) is 66.5 Å². The zero-order valence-corrected chi connectivity index (χ0v) is 17.0. The van der Waals surface area contributed by atoms with Gasteiger partial charge in [-0.25, -0.2) is 12.8 Å². The molecule has 30 heavy (non-hydrogen) atoms. The van der Waals surface area contributed by atoms with Gasteiger partial charge < -0.3 is 4.90 Å². The van der Waals surface area contributed by atoms with Crippen LogP contribution in [0.3, 0.4) is 0 Å². The summed E-state index contributed by atoms with van der Waals surface area (Å²) < 4.78 is 40.6. The van der Waals surface area contributed by atoms with Crippen molar-refractivity contribution in [3.05, 3.63) is 95.8 Å². The van der Waals surface area contributed by atoms with Crippen LogP contribution in [0.25, 0.3) is 0 Å². The van der Waals surface area contributed by atoms with E-state index in [1.807, 2.05) is 0 Å². The van der Waals surface area contributed by atoms with Crippen molar-refractivity contribution >= 4 is 21.6 Å². The fourth-order valence-corrected chi connectivity index (χ4v) is 4.28. The van der Waals surface area contributed by atoms with Crippen LogP contribution in [0.5, 0.6) is 0 Å². The van der Waals surface area contributed by atoms with E-state index in [4.69, 9.17) is 0 Å². The van der Waals surface area contributed by atoms with Crippen molar-refractivity contribution in [1.82, 2.24) is 4.90 Å². The third-order valence-electron chi connectivity index (χ3n) is 4.95. The smallest absolute Gasteiger partial charge is 0.261 e. The van der Waals surface area contributed by atoms with Crippen molar-refractivity contribution in [3.63, 3.8) is 0 Å². The quantitative estimate of drug-likeness (QED) is 0.610. The Morgan fingerprint density at radius 2 is 1.57 bits per heavy atom. The maximum atomic E-state index is 13.2. The molecule has 1 saturated carbocycles. The second kappa shape index (κ2) is 8.28. The first-order chi connectivity index (χ1) is 14.4. The van der Waals surface area contributed by atoms with Gasteiger partial charge in [-0.05, 0) is 66.9 Å². The number of benzene rings is 3. The van der Waals surface area contributed by atoms with Crippen LogP contribution in [-0.4, -0.2) is 25.3 Å². The van der Waals surface area contributed by atoms with Gasteiger partial charge in [-0.2, -0.15) is 0 Å². The summed E-state index contributed by atoms with van der Waals surface area (Å²) >= 11 is 0. The zero-order chi connectivity index (χ0) is 21.1. The summed E-state index contributed by atoms with van der Waals surface area (Å²) in [6.07, 6.45) is 1.89. The van der Waals surface area contributed by atoms with E-state index in [0.29, 0.717) is 17.8 Å². The maximum absolute atomic E-state index is 13.2. The van der Waals surface area contributed by atoms with Crippen molar-refractivity contribution in [2.75, 3.05) is 4.72 Å². The summed E-state index contributed by atoms with van der Waals surface area (Å²) in [5, 5.41) is 0. The number of hydrogen-bond acceptors (Lipinski definition) is 3. The first kappa shape index (κ1) is 20.1. The number of sulfonamides is 1. The lowest BCUT2D eigenvalue weighted by Crippen LogP contribution is -2.32. The van der Waals surface area contributed by atoms with Gasteiger partial charge in [-0.3, -0.25) is 9.52 Å². The van der Waals surface area contributed by atoms with Crippen LogP contribution < -0.4 is 4.72 Å². The van der Waals surface area contributed by atoms with Gasteiger partial charge in [0, 0.05) is 23.8 Å². The largest absolute Gasteiger partial charge is 0.331 e. The number of amides is 1. The summed E-state index contributed by atoms with van der Waals surface area (Å²) in [5.41, 5.74) is 1.72. The molecule has 1 fully saturated rings. The van der Waals surface area contributed by atoms with Crippen molar-refractivity contribution in [2.24, 2.45) is 0 Å². The summed E-state index contributed by atoms with van der Waals surface area (Å²) in [6, 6.07) is 20.8. The van der Waals surface area contributed by atoms with E-state index >= 15 is 0 Å². The third kappa shape index (κ3) is 4.68. The van der Waals surface area contributed by atoms with Gasteiger partial charge in [0.25, 0.3) is 15.9 Å². The summed E-state index contributed by atoms with van der Waals surface area (Å²) in [7, 11) is -3.69. The molecule has 0 radical (unpaired) electrons. The predicted molar refractivity (Wildman–Crippen MR) is 113 cm³/mol. The standard InChI is InChI=1S/C23H21FN2O3S/c24-19-10-6-17(7-11-19)16-26(21-14-15-21)23(27)18-8-12-20(13-9-18)25-30(28,29)22-4-2-1-3-5-22/h1-13,21,25H,14-16H2. The minimum atomic E-state index is -3.69. The maximum Gasteiger partial charge on any atom is 0.261 e. The SMILES string of the molecule is O=C(c1ccc(NS(=O)(=O)c2ccccc2)cc1)N(Cc1ccc(F)cc1)C1CC1. The Morgan fingerprint density at radius 1 is 0.933 bits per heavy atom. The molecule has 1 aliphatic rings. The lowest BCUT2D eigenvalue weighted by molar-refractivity contribution is 0.0730. The van der Waals surface area contributed by atoms with Crippen molar-refractivity contribution in [1.29, 1.82) is 0 Å². The monoisotopic (exact) mass is 424 g/mol. The molecule has 1 aliphatic carbocycles. The molecule has 0 atom stereocenters. The molecule has 0 bridgehead atoms. The number of nitrogens with zero attached hydrogens (tertiary/aromatic N) is 1. The molecule has 0 heterocycles. The highest BCUT2D eigenvalue weighted by molar-refractivity contribution is 7.92. The van der Waals surface area contributed by atoms with Crippen molar-refractivity contribution in [3.8, 4) is 0 Å². The van der Waals surface area contributed by atoms with Crippen LogP contribution in [0.2, 0.25) is 0 Å². The van der Waals surface area contributed by atoms with E-state index in [-0.39, 0.29) is 22.7 Å². The van der Waals surface area contributed by atoms with Gasteiger partial charge in [0.15, 0.2) is 0 Å². The molecule has 0 unspecified atom stereocenters. The Bertz CT molecular complexity index is 1130. The molecule has 0 aromatic heterocycles. The first-order valence-electron chi connectivity index (χ1n) is 9.66. The van der Waals surface area contributed by atoms with Crippen LogP contribution in [0.15, 0.2) is 83.8 Å². The Morgan fingerprint density at radius 3 is 2.17 bits per heavy atom. The number of anilines is 1. The zero-order valence-electron chi connectivity index (χ0n) is 16.2. The third-order valence-corrected chi connectivity index (χ3v) is 6.35. The average Bonchev–Trinajstić information content (AvgIpc) is 3.59. The van der Waals surface area contributed by atoms with E-state index in [0.717, 1.165) is 18.4 Å². The highest BCUT2D eigenvalue weighted by atomic mass is 32.2. The Kier molecular flexibility index (Phi) is 5.55. The molecule has 1 amide bonds. The van der Waals surface area contributed by atoms with E-state index in [1.54, 1.807) is 59.5 Å². The summed E-state index contributed by atoms with van der Waals surface area (Å²) in [5.74, 6) is -0.434. The number of rotatable bonds is 7. The van der Waals surface area contributed by atoms with Gasteiger partial charge in [-0.1, -0.05) is 30.3 Å². The van der Waals surface area contributed by atoms with Crippen molar-refractivity contribution in [2.45, 2.75) is 30.3 Å². The highest BCUT2D eigenvalue weighted by Gasteiger charge is 2.33. The van der Waals surface area contributed by atoms with Crippen LogP contribution in [0.1, 0.15) is 28.8 Å². The highest BCUT2D eigenvalue weighted by Crippen LogP contribution is 2.30. The summed E-state index contributed by atoms with van der Waals surface area (Å²) in [6.45, 7) is 0.409.